The highest BCUT2D eigenvalue weighted by Gasteiger charge is 2.34. The van der Waals surface area contributed by atoms with Crippen LogP contribution in [0.4, 0.5) is 5.69 Å². The van der Waals surface area contributed by atoms with Gasteiger partial charge >= 0.3 is 0 Å². The van der Waals surface area contributed by atoms with E-state index in [9.17, 15) is 0 Å². The molecule has 0 aliphatic carbocycles. The maximum atomic E-state index is 5.59. The Bertz CT molecular complexity index is 642. The second-order valence-corrected chi connectivity index (χ2v) is 7.48. The molecule has 0 saturated carbocycles. The molecule has 0 amide bonds. The first-order chi connectivity index (χ1) is 10.7. The largest absolute Gasteiger partial charge is 0.383 e. The number of halogens is 2. The number of pyridine rings is 1. The van der Waals surface area contributed by atoms with E-state index in [0.717, 1.165) is 47.2 Å². The summed E-state index contributed by atoms with van der Waals surface area (Å²) in [4.78, 5) is 4.22. The molecule has 3 nitrogen and oxygen atoms in total. The summed E-state index contributed by atoms with van der Waals surface area (Å²) in [6.07, 6.45) is 5.71. The first kappa shape index (κ1) is 16.0. The highest BCUT2D eigenvalue weighted by molar-refractivity contribution is 9.10. The van der Waals surface area contributed by atoms with Gasteiger partial charge in [0.15, 0.2) is 0 Å². The first-order valence-corrected chi connectivity index (χ1v) is 8.95. The number of hydrogen-bond donors (Lipinski definition) is 1. The Morgan fingerprint density at radius 1 is 1.09 bits per heavy atom. The zero-order valence-electron chi connectivity index (χ0n) is 12.2. The zero-order chi connectivity index (χ0) is 15.4. The molecule has 1 aliphatic heterocycles. The van der Waals surface area contributed by atoms with E-state index >= 15 is 0 Å². The van der Waals surface area contributed by atoms with Crippen LogP contribution in [0.5, 0.6) is 0 Å². The molecular weight excluding hydrogens is 408 g/mol. The van der Waals surface area contributed by atoms with Crippen molar-refractivity contribution >= 4 is 37.5 Å². The predicted octanol–water partition coefficient (Wildman–Crippen LogP) is 4.77. The van der Waals surface area contributed by atoms with Gasteiger partial charge in [-0.3, -0.25) is 4.98 Å². The van der Waals surface area contributed by atoms with Crippen LogP contribution in [-0.4, -0.2) is 24.7 Å². The maximum absolute atomic E-state index is 5.59. The van der Waals surface area contributed by atoms with Gasteiger partial charge in [-0.15, -0.1) is 0 Å². The average Bonchev–Trinajstić information content (AvgIpc) is 2.54. The summed E-state index contributed by atoms with van der Waals surface area (Å²) in [5, 5.41) is 3.55. The Balaban J connectivity index is 1.83. The van der Waals surface area contributed by atoms with Gasteiger partial charge in [0.25, 0.3) is 0 Å². The Kier molecular flexibility index (Phi) is 5.16. The first-order valence-electron chi connectivity index (χ1n) is 7.36. The second-order valence-electron chi connectivity index (χ2n) is 5.65. The van der Waals surface area contributed by atoms with Crippen LogP contribution in [0.1, 0.15) is 18.4 Å². The van der Waals surface area contributed by atoms with Crippen LogP contribution in [0.15, 0.2) is 51.7 Å². The monoisotopic (exact) mass is 424 g/mol. The third kappa shape index (κ3) is 3.70. The number of anilines is 1. The number of hydrogen-bond acceptors (Lipinski definition) is 3. The molecule has 0 spiro atoms. The van der Waals surface area contributed by atoms with Crippen LogP contribution >= 0.6 is 31.9 Å². The Morgan fingerprint density at radius 3 is 2.64 bits per heavy atom. The summed E-state index contributed by atoms with van der Waals surface area (Å²) in [7, 11) is 0. The molecule has 3 rings (SSSR count). The lowest BCUT2D eigenvalue weighted by atomic mass is 9.74. The van der Waals surface area contributed by atoms with Gasteiger partial charge in [-0.05, 0) is 52.5 Å². The van der Waals surface area contributed by atoms with Crippen LogP contribution in [0.25, 0.3) is 0 Å². The number of aromatic nitrogens is 1. The van der Waals surface area contributed by atoms with Gasteiger partial charge < -0.3 is 10.1 Å². The van der Waals surface area contributed by atoms with Gasteiger partial charge in [0.05, 0.1) is 11.9 Å². The van der Waals surface area contributed by atoms with E-state index < -0.39 is 0 Å². The van der Waals surface area contributed by atoms with Crippen LogP contribution in [0, 0.1) is 0 Å². The third-order valence-corrected chi connectivity index (χ3v) is 5.15. The molecule has 1 aromatic carbocycles. The molecule has 1 N–H and O–H groups in total. The molecule has 5 heteroatoms. The molecule has 2 heterocycles. The van der Waals surface area contributed by atoms with Gasteiger partial charge in [0.2, 0.25) is 0 Å². The molecule has 1 fully saturated rings. The quantitative estimate of drug-likeness (QED) is 0.766. The van der Waals surface area contributed by atoms with E-state index in [1.807, 2.05) is 6.20 Å². The van der Waals surface area contributed by atoms with Crippen molar-refractivity contribution in [3.8, 4) is 0 Å². The topological polar surface area (TPSA) is 34.2 Å². The summed E-state index contributed by atoms with van der Waals surface area (Å²) in [6.45, 7) is 2.50. The highest BCUT2D eigenvalue weighted by Crippen LogP contribution is 2.36. The molecule has 1 aliphatic rings. The standard InChI is InChI=1S/C17H18Br2N2O/c18-14-3-1-2-13(8-14)17(4-6-22-7-5-17)12-21-16-9-15(19)10-20-11-16/h1-3,8-11,21H,4-7,12H2. The fourth-order valence-corrected chi connectivity index (χ4v) is 3.69. The fraction of sp³-hybridized carbons (Fsp3) is 0.353. The number of nitrogens with zero attached hydrogens (tertiary/aromatic N) is 1. The van der Waals surface area contributed by atoms with Crippen molar-refractivity contribution in [3.63, 3.8) is 0 Å². The lowest BCUT2D eigenvalue weighted by Crippen LogP contribution is -2.40. The van der Waals surface area contributed by atoms with Crippen LogP contribution in [-0.2, 0) is 10.2 Å². The van der Waals surface area contributed by atoms with Crippen LogP contribution < -0.4 is 5.32 Å². The number of rotatable bonds is 4. The molecule has 0 unspecified atom stereocenters. The highest BCUT2D eigenvalue weighted by atomic mass is 79.9. The predicted molar refractivity (Wildman–Crippen MR) is 96.3 cm³/mol. The molecule has 22 heavy (non-hydrogen) atoms. The zero-order valence-corrected chi connectivity index (χ0v) is 15.4. The van der Waals surface area contributed by atoms with Crippen molar-refractivity contribution in [1.29, 1.82) is 0 Å². The van der Waals surface area contributed by atoms with E-state index in [0.29, 0.717) is 0 Å². The molecule has 0 bridgehead atoms. The number of benzene rings is 1. The summed E-state index contributed by atoms with van der Waals surface area (Å²) in [5.41, 5.74) is 2.50. The van der Waals surface area contributed by atoms with Gasteiger partial charge in [-0.2, -0.15) is 0 Å². The second kappa shape index (κ2) is 7.11. The lowest BCUT2D eigenvalue weighted by molar-refractivity contribution is 0.0544. The Hall–Kier alpha value is -0.910. The van der Waals surface area contributed by atoms with Gasteiger partial charge in [-0.25, -0.2) is 0 Å². The normalized spacial score (nSPS) is 17.2. The van der Waals surface area contributed by atoms with Gasteiger partial charge in [0, 0.05) is 40.3 Å². The SMILES string of the molecule is Brc1cncc(NCC2(c3cccc(Br)c3)CCOCC2)c1. The number of nitrogens with one attached hydrogen (secondary N) is 1. The van der Waals surface area contributed by atoms with Crippen molar-refractivity contribution in [2.24, 2.45) is 0 Å². The average molecular weight is 426 g/mol. The summed E-state index contributed by atoms with van der Waals surface area (Å²) >= 11 is 7.06. The van der Waals surface area contributed by atoms with Crippen molar-refractivity contribution in [2.45, 2.75) is 18.3 Å². The minimum atomic E-state index is 0.102. The van der Waals surface area contributed by atoms with E-state index in [1.165, 1.54) is 5.56 Å². The summed E-state index contributed by atoms with van der Waals surface area (Å²) in [5.74, 6) is 0. The van der Waals surface area contributed by atoms with Crippen molar-refractivity contribution in [1.82, 2.24) is 4.98 Å². The van der Waals surface area contributed by atoms with Crippen molar-refractivity contribution < 1.29 is 4.74 Å². The fourth-order valence-electron chi connectivity index (χ4n) is 2.93. The number of ether oxygens (including phenoxy) is 1. The van der Waals surface area contributed by atoms with Crippen LogP contribution in [0.2, 0.25) is 0 Å². The summed E-state index contributed by atoms with van der Waals surface area (Å²) in [6, 6.07) is 10.7. The maximum Gasteiger partial charge on any atom is 0.0538 e. The van der Waals surface area contributed by atoms with E-state index in [2.05, 4.69) is 72.5 Å². The van der Waals surface area contributed by atoms with E-state index in [1.54, 1.807) is 6.20 Å². The van der Waals surface area contributed by atoms with Gasteiger partial charge in [-0.1, -0.05) is 28.1 Å². The molecule has 2 aromatic rings. The summed E-state index contributed by atoms with van der Waals surface area (Å²) < 4.78 is 7.70. The Labute approximate surface area is 147 Å². The lowest BCUT2D eigenvalue weighted by Gasteiger charge is -2.38. The molecule has 1 saturated heterocycles. The van der Waals surface area contributed by atoms with E-state index in [-0.39, 0.29) is 5.41 Å². The molecule has 0 atom stereocenters. The van der Waals surface area contributed by atoms with Crippen molar-refractivity contribution in [3.05, 3.63) is 57.2 Å². The Morgan fingerprint density at radius 2 is 1.91 bits per heavy atom. The molecular formula is C17H18Br2N2O. The molecule has 116 valence electrons. The van der Waals surface area contributed by atoms with Crippen LogP contribution in [0.3, 0.4) is 0 Å². The minimum Gasteiger partial charge on any atom is -0.383 e. The van der Waals surface area contributed by atoms with Crippen molar-refractivity contribution in [2.75, 3.05) is 25.1 Å². The van der Waals surface area contributed by atoms with Gasteiger partial charge in [0.1, 0.15) is 0 Å². The van der Waals surface area contributed by atoms with E-state index in [4.69, 9.17) is 4.74 Å². The molecule has 0 radical (unpaired) electrons. The minimum absolute atomic E-state index is 0.102. The smallest absolute Gasteiger partial charge is 0.0538 e. The molecule has 1 aromatic heterocycles. The third-order valence-electron chi connectivity index (χ3n) is 4.22.